The maximum Gasteiger partial charge on any atom is 0.433 e. The molecule has 3 rings (SSSR count). The van der Waals surface area contributed by atoms with E-state index < -0.39 is 11.9 Å². The average molecular weight is 466 g/mol. The minimum atomic E-state index is -4.45. The summed E-state index contributed by atoms with van der Waals surface area (Å²) >= 11 is 4.72. The normalized spacial score (nSPS) is 23.6. The Morgan fingerprint density at radius 3 is 2.93 bits per heavy atom. The third-order valence-corrected chi connectivity index (χ3v) is 5.98. The van der Waals surface area contributed by atoms with Crippen LogP contribution in [0.15, 0.2) is 33.9 Å². The lowest BCUT2D eigenvalue weighted by atomic mass is 9.95. The molecule has 2 aromatic heterocycles. The van der Waals surface area contributed by atoms with Crippen LogP contribution < -0.4 is 0 Å². The monoisotopic (exact) mass is 465 g/mol. The van der Waals surface area contributed by atoms with Crippen LogP contribution in [0.2, 0.25) is 0 Å². The van der Waals surface area contributed by atoms with E-state index in [1.807, 2.05) is 13.0 Å². The van der Waals surface area contributed by atoms with E-state index in [1.54, 1.807) is 17.9 Å². The molecule has 0 N–H and O–H groups in total. The number of ether oxygens (including phenoxy) is 2. The molecule has 148 valence electrons. The Hall–Kier alpha value is -1.10. The van der Waals surface area contributed by atoms with Crippen LogP contribution in [-0.4, -0.2) is 33.2 Å². The van der Waals surface area contributed by atoms with Crippen LogP contribution in [0, 0.1) is 0 Å². The van der Waals surface area contributed by atoms with E-state index >= 15 is 0 Å². The van der Waals surface area contributed by atoms with Gasteiger partial charge >= 0.3 is 6.18 Å². The number of methoxy groups -OCH3 is 1. The summed E-state index contributed by atoms with van der Waals surface area (Å²) in [5.74, 6) is 0. The molecule has 0 aliphatic carbocycles. The molecule has 2 unspecified atom stereocenters. The van der Waals surface area contributed by atoms with Gasteiger partial charge in [-0.05, 0) is 53.9 Å². The largest absolute Gasteiger partial charge is 0.433 e. The lowest BCUT2D eigenvalue weighted by Gasteiger charge is -2.37. The van der Waals surface area contributed by atoms with Crippen LogP contribution >= 0.6 is 27.7 Å². The highest BCUT2D eigenvalue weighted by atomic mass is 79.9. The number of nitrogens with zero attached hydrogens (tertiary/aromatic N) is 3. The second-order valence-electron chi connectivity index (χ2n) is 6.53. The summed E-state index contributed by atoms with van der Waals surface area (Å²) in [6, 6.07) is 5.87. The first-order chi connectivity index (χ1) is 12.7. The van der Waals surface area contributed by atoms with Crippen LogP contribution in [0.5, 0.6) is 0 Å². The molecule has 27 heavy (non-hydrogen) atoms. The minimum Gasteiger partial charge on any atom is -0.372 e. The number of thioether (sulfide) groups is 1. The summed E-state index contributed by atoms with van der Waals surface area (Å²) in [6.45, 7) is 2.82. The summed E-state index contributed by atoms with van der Waals surface area (Å²) in [4.78, 5) is 3.78. The minimum absolute atomic E-state index is 0.226. The van der Waals surface area contributed by atoms with E-state index in [4.69, 9.17) is 9.47 Å². The number of hydrogen-bond acceptors (Lipinski definition) is 5. The van der Waals surface area contributed by atoms with Gasteiger partial charge in [0, 0.05) is 18.5 Å². The summed E-state index contributed by atoms with van der Waals surface area (Å²) in [5.41, 5.74) is -0.00550. The maximum atomic E-state index is 12.9. The third-order valence-electron chi connectivity index (χ3n) is 4.29. The predicted octanol–water partition coefficient (Wildman–Crippen LogP) is 5.07. The van der Waals surface area contributed by atoms with Crippen molar-refractivity contribution in [2.45, 2.75) is 48.5 Å². The predicted molar refractivity (Wildman–Crippen MR) is 98.4 cm³/mol. The van der Waals surface area contributed by atoms with Crippen molar-refractivity contribution in [3.63, 3.8) is 0 Å². The Morgan fingerprint density at radius 2 is 2.22 bits per heavy atom. The first-order valence-electron chi connectivity index (χ1n) is 8.27. The number of aromatic nitrogens is 3. The van der Waals surface area contributed by atoms with Gasteiger partial charge in [0.05, 0.1) is 10.7 Å². The van der Waals surface area contributed by atoms with E-state index in [2.05, 4.69) is 26.0 Å². The zero-order valence-electron chi connectivity index (χ0n) is 14.8. The Bertz CT molecular complexity index is 802. The van der Waals surface area contributed by atoms with E-state index in [0.29, 0.717) is 35.8 Å². The van der Waals surface area contributed by atoms with Crippen molar-refractivity contribution >= 4 is 27.7 Å². The van der Waals surface area contributed by atoms with Gasteiger partial charge in [-0.15, -0.1) is 0 Å². The zero-order valence-corrected chi connectivity index (χ0v) is 17.2. The summed E-state index contributed by atoms with van der Waals surface area (Å²) in [7, 11) is 1.58. The van der Waals surface area contributed by atoms with Crippen molar-refractivity contribution in [1.29, 1.82) is 0 Å². The molecule has 0 bridgehead atoms. The summed E-state index contributed by atoms with van der Waals surface area (Å²) in [5, 5.41) is 4.69. The van der Waals surface area contributed by atoms with Crippen LogP contribution in [0.4, 0.5) is 13.2 Å². The molecule has 0 spiro atoms. The van der Waals surface area contributed by atoms with Gasteiger partial charge in [0.2, 0.25) is 0 Å². The van der Waals surface area contributed by atoms with E-state index in [1.165, 1.54) is 17.8 Å². The average Bonchev–Trinajstić information content (AvgIpc) is 2.95. The Labute approximate surface area is 167 Å². The number of hydrogen-bond donors (Lipinski definition) is 0. The topological polar surface area (TPSA) is 49.2 Å². The molecule has 0 radical (unpaired) electrons. The molecule has 2 atom stereocenters. The van der Waals surface area contributed by atoms with E-state index in [9.17, 15) is 13.2 Å². The standard InChI is InChI=1S/C17H19BrF3N3O2S/c1-16(27-15-5-3-4-13(22-15)17(19,20)21)6-7-26-12(9-16)11-8-14(18)23-24(11)10-25-2/h3-5,8,12H,6-7,9-10H2,1-2H3. The maximum absolute atomic E-state index is 12.9. The van der Waals surface area contributed by atoms with Crippen molar-refractivity contribution < 1.29 is 22.6 Å². The Morgan fingerprint density at radius 1 is 1.44 bits per heavy atom. The number of pyridine rings is 1. The third kappa shape index (κ3) is 5.04. The fourth-order valence-electron chi connectivity index (χ4n) is 3.02. The molecule has 2 aromatic rings. The van der Waals surface area contributed by atoms with Crippen molar-refractivity contribution in [1.82, 2.24) is 14.8 Å². The molecular weight excluding hydrogens is 447 g/mol. The fraction of sp³-hybridized carbons (Fsp3) is 0.529. The van der Waals surface area contributed by atoms with E-state index in [0.717, 1.165) is 11.8 Å². The van der Waals surface area contributed by atoms with Gasteiger partial charge in [-0.3, -0.25) is 0 Å². The van der Waals surface area contributed by atoms with E-state index in [-0.39, 0.29) is 10.9 Å². The number of alkyl halides is 3. The fourth-order valence-corrected chi connectivity index (χ4v) is 4.66. The van der Waals surface area contributed by atoms with Crippen molar-refractivity contribution in [3.8, 4) is 0 Å². The molecular formula is C17H19BrF3N3O2S. The molecule has 1 saturated heterocycles. The van der Waals surface area contributed by atoms with Crippen molar-refractivity contribution in [2.75, 3.05) is 13.7 Å². The number of rotatable bonds is 5. The van der Waals surface area contributed by atoms with Crippen LogP contribution in [0.25, 0.3) is 0 Å². The quantitative estimate of drug-likeness (QED) is 0.616. The molecule has 1 fully saturated rings. The molecule has 0 aromatic carbocycles. The molecule has 3 heterocycles. The first kappa shape index (κ1) is 20.6. The highest BCUT2D eigenvalue weighted by molar-refractivity contribution is 9.10. The van der Waals surface area contributed by atoms with Crippen molar-refractivity contribution in [2.24, 2.45) is 0 Å². The van der Waals surface area contributed by atoms with Gasteiger partial charge in [0.15, 0.2) is 0 Å². The SMILES string of the molecule is COCn1nc(Br)cc1C1CC(C)(Sc2cccc(C(F)(F)F)n2)CCO1. The van der Waals surface area contributed by atoms with Gasteiger partial charge in [-0.1, -0.05) is 17.8 Å². The molecule has 5 nitrogen and oxygen atoms in total. The van der Waals surface area contributed by atoms with Gasteiger partial charge in [0.25, 0.3) is 0 Å². The lowest BCUT2D eigenvalue weighted by Crippen LogP contribution is -2.33. The van der Waals surface area contributed by atoms with Crippen LogP contribution in [-0.2, 0) is 22.4 Å². The van der Waals surface area contributed by atoms with Gasteiger partial charge < -0.3 is 9.47 Å². The first-order valence-corrected chi connectivity index (χ1v) is 9.88. The molecule has 1 aliphatic rings. The number of halogens is 4. The molecule has 1 aliphatic heterocycles. The van der Waals surface area contributed by atoms with Crippen molar-refractivity contribution in [3.05, 3.63) is 40.3 Å². The Kier molecular flexibility index (Phi) is 6.19. The van der Waals surface area contributed by atoms with Gasteiger partial charge in [-0.2, -0.15) is 18.3 Å². The summed E-state index contributed by atoms with van der Waals surface area (Å²) in [6.07, 6.45) is -3.34. The molecule has 0 saturated carbocycles. The second kappa shape index (κ2) is 8.10. The smallest absolute Gasteiger partial charge is 0.372 e. The molecule has 0 amide bonds. The zero-order chi connectivity index (χ0) is 19.7. The second-order valence-corrected chi connectivity index (χ2v) is 8.95. The van der Waals surface area contributed by atoms with Gasteiger partial charge in [-0.25, -0.2) is 9.67 Å². The summed E-state index contributed by atoms with van der Waals surface area (Å²) < 4.78 is 52.0. The van der Waals surface area contributed by atoms with Crippen LogP contribution in [0.3, 0.4) is 0 Å². The van der Waals surface area contributed by atoms with Crippen LogP contribution in [0.1, 0.15) is 37.3 Å². The highest BCUT2D eigenvalue weighted by Gasteiger charge is 2.38. The Balaban J connectivity index is 1.79. The van der Waals surface area contributed by atoms with Gasteiger partial charge in [0.1, 0.15) is 23.1 Å². The molecule has 10 heteroatoms. The lowest BCUT2D eigenvalue weighted by molar-refractivity contribution is -0.141. The highest BCUT2D eigenvalue weighted by Crippen LogP contribution is 2.46.